The van der Waals surface area contributed by atoms with Crippen molar-refractivity contribution in [2.45, 2.75) is 13.0 Å². The molecule has 0 amide bonds. The van der Waals surface area contributed by atoms with Crippen molar-refractivity contribution in [1.82, 2.24) is 4.90 Å². The van der Waals surface area contributed by atoms with Crippen LogP contribution in [0, 0.1) is 0 Å². The molecular formula is C8H20N2O2. The number of nitrogens with two attached hydrogens (primary N) is 1. The fourth-order valence-electron chi connectivity index (χ4n) is 0.978. The van der Waals surface area contributed by atoms with Crippen LogP contribution in [0.3, 0.4) is 0 Å². The topological polar surface area (TPSA) is 58.7 Å². The molecular weight excluding hydrogens is 156 g/mol. The van der Waals surface area contributed by atoms with E-state index in [0.717, 1.165) is 6.54 Å². The molecule has 0 aromatic carbocycles. The molecule has 0 aliphatic carbocycles. The Labute approximate surface area is 74.3 Å². The Kier molecular flexibility index (Phi) is 7.39. The van der Waals surface area contributed by atoms with Crippen molar-refractivity contribution in [2.24, 2.45) is 5.73 Å². The van der Waals surface area contributed by atoms with Gasteiger partial charge in [0.05, 0.1) is 12.7 Å². The Morgan fingerprint density at radius 2 is 2.25 bits per heavy atom. The van der Waals surface area contributed by atoms with Gasteiger partial charge >= 0.3 is 0 Å². The predicted octanol–water partition coefficient (Wildman–Crippen LogP) is -0.726. The molecule has 0 spiro atoms. The molecule has 1 unspecified atom stereocenters. The third-order valence-electron chi connectivity index (χ3n) is 1.55. The molecule has 0 radical (unpaired) electrons. The van der Waals surface area contributed by atoms with E-state index in [1.807, 2.05) is 18.9 Å². The van der Waals surface area contributed by atoms with Crippen LogP contribution in [0.2, 0.25) is 0 Å². The van der Waals surface area contributed by atoms with Crippen LogP contribution >= 0.6 is 0 Å². The largest absolute Gasteiger partial charge is 0.389 e. The maximum Gasteiger partial charge on any atom is 0.0900 e. The lowest BCUT2D eigenvalue weighted by atomic mass is 10.3. The van der Waals surface area contributed by atoms with Crippen molar-refractivity contribution in [3.05, 3.63) is 0 Å². The lowest BCUT2D eigenvalue weighted by Crippen LogP contribution is -2.35. The van der Waals surface area contributed by atoms with Crippen LogP contribution in [0.15, 0.2) is 0 Å². The molecule has 0 aromatic heterocycles. The van der Waals surface area contributed by atoms with E-state index < -0.39 is 6.10 Å². The first-order valence-electron chi connectivity index (χ1n) is 4.35. The van der Waals surface area contributed by atoms with E-state index >= 15 is 0 Å². The van der Waals surface area contributed by atoms with Crippen LogP contribution in [0.25, 0.3) is 0 Å². The lowest BCUT2D eigenvalue weighted by Gasteiger charge is -2.19. The molecule has 74 valence electrons. The van der Waals surface area contributed by atoms with Crippen molar-refractivity contribution >= 4 is 0 Å². The van der Waals surface area contributed by atoms with Gasteiger partial charge < -0.3 is 20.5 Å². The van der Waals surface area contributed by atoms with Crippen LogP contribution in [0.5, 0.6) is 0 Å². The zero-order valence-corrected chi connectivity index (χ0v) is 7.99. The van der Waals surface area contributed by atoms with Crippen LogP contribution < -0.4 is 5.73 Å². The normalized spacial score (nSPS) is 13.8. The second kappa shape index (κ2) is 7.49. The minimum atomic E-state index is -0.401. The molecule has 4 heteroatoms. The Bertz CT molecular complexity index is 101. The highest BCUT2D eigenvalue weighted by atomic mass is 16.5. The van der Waals surface area contributed by atoms with E-state index in [0.29, 0.717) is 26.3 Å². The average Bonchev–Trinajstić information content (AvgIpc) is 2.01. The van der Waals surface area contributed by atoms with E-state index in [2.05, 4.69) is 0 Å². The number of aliphatic hydroxyl groups is 1. The number of aliphatic hydroxyl groups excluding tert-OH is 1. The van der Waals surface area contributed by atoms with Gasteiger partial charge in [0.2, 0.25) is 0 Å². The van der Waals surface area contributed by atoms with Gasteiger partial charge in [-0.15, -0.1) is 0 Å². The maximum absolute atomic E-state index is 9.37. The van der Waals surface area contributed by atoms with E-state index in [1.165, 1.54) is 0 Å². The fraction of sp³-hybridized carbons (Fsp3) is 1.00. The van der Waals surface area contributed by atoms with Crippen molar-refractivity contribution in [3.8, 4) is 0 Å². The van der Waals surface area contributed by atoms with Gasteiger partial charge in [0, 0.05) is 26.2 Å². The fourth-order valence-corrected chi connectivity index (χ4v) is 0.978. The third kappa shape index (κ3) is 6.54. The summed E-state index contributed by atoms with van der Waals surface area (Å²) in [4.78, 5) is 1.99. The SMILES string of the molecule is CCOCC(O)CN(C)CCN. The highest BCUT2D eigenvalue weighted by molar-refractivity contribution is 4.60. The summed E-state index contributed by atoms with van der Waals surface area (Å²) in [5.74, 6) is 0. The molecule has 12 heavy (non-hydrogen) atoms. The van der Waals surface area contributed by atoms with Crippen LogP contribution in [0.4, 0.5) is 0 Å². The number of ether oxygens (including phenoxy) is 1. The van der Waals surface area contributed by atoms with Gasteiger partial charge in [0.15, 0.2) is 0 Å². The molecule has 0 saturated heterocycles. The molecule has 0 heterocycles. The summed E-state index contributed by atoms with van der Waals surface area (Å²) < 4.78 is 5.07. The summed E-state index contributed by atoms with van der Waals surface area (Å²) in [7, 11) is 1.93. The minimum absolute atomic E-state index is 0.401. The van der Waals surface area contributed by atoms with Crippen LogP contribution in [0.1, 0.15) is 6.92 Å². The first-order valence-corrected chi connectivity index (χ1v) is 4.35. The average molecular weight is 176 g/mol. The Morgan fingerprint density at radius 1 is 1.58 bits per heavy atom. The summed E-state index contributed by atoms with van der Waals surface area (Å²) in [6, 6.07) is 0. The van der Waals surface area contributed by atoms with Crippen molar-refractivity contribution in [3.63, 3.8) is 0 Å². The molecule has 3 N–H and O–H groups in total. The first kappa shape index (κ1) is 11.8. The summed E-state index contributed by atoms with van der Waals surface area (Å²) in [5.41, 5.74) is 5.35. The van der Waals surface area contributed by atoms with Gasteiger partial charge in [0.1, 0.15) is 0 Å². The van der Waals surface area contributed by atoms with Crippen molar-refractivity contribution < 1.29 is 9.84 Å². The lowest BCUT2D eigenvalue weighted by molar-refractivity contribution is 0.0260. The molecule has 0 rings (SSSR count). The van der Waals surface area contributed by atoms with Gasteiger partial charge in [-0.05, 0) is 14.0 Å². The molecule has 0 aliphatic rings. The molecule has 0 saturated carbocycles. The Hall–Kier alpha value is -0.160. The van der Waals surface area contributed by atoms with Gasteiger partial charge in [-0.3, -0.25) is 0 Å². The standard InChI is InChI=1S/C8H20N2O2/c1-3-12-7-8(11)6-10(2)5-4-9/h8,11H,3-7,9H2,1-2H3. The predicted molar refractivity (Wildman–Crippen MR) is 49.1 cm³/mol. The number of likely N-dealkylation sites (N-methyl/N-ethyl adjacent to an activating group) is 1. The highest BCUT2D eigenvalue weighted by Crippen LogP contribution is 1.89. The number of hydrogen-bond acceptors (Lipinski definition) is 4. The summed E-state index contributed by atoms with van der Waals surface area (Å²) in [6.07, 6.45) is -0.401. The monoisotopic (exact) mass is 176 g/mol. The second-order valence-corrected chi connectivity index (χ2v) is 2.86. The van der Waals surface area contributed by atoms with Crippen molar-refractivity contribution in [2.75, 3.05) is 39.9 Å². The Balaban J connectivity index is 3.33. The van der Waals surface area contributed by atoms with E-state index in [1.54, 1.807) is 0 Å². The van der Waals surface area contributed by atoms with E-state index in [9.17, 15) is 5.11 Å². The second-order valence-electron chi connectivity index (χ2n) is 2.86. The number of hydrogen-bond donors (Lipinski definition) is 2. The summed E-state index contributed by atoms with van der Waals surface area (Å²) >= 11 is 0. The van der Waals surface area contributed by atoms with E-state index in [4.69, 9.17) is 10.5 Å². The van der Waals surface area contributed by atoms with Gasteiger partial charge in [0.25, 0.3) is 0 Å². The molecule has 0 aliphatic heterocycles. The third-order valence-corrected chi connectivity index (χ3v) is 1.55. The molecule has 4 nitrogen and oxygen atoms in total. The van der Waals surface area contributed by atoms with Crippen molar-refractivity contribution in [1.29, 1.82) is 0 Å². The van der Waals surface area contributed by atoms with Gasteiger partial charge in [-0.25, -0.2) is 0 Å². The van der Waals surface area contributed by atoms with Gasteiger partial charge in [-0.1, -0.05) is 0 Å². The summed E-state index contributed by atoms with van der Waals surface area (Å²) in [5, 5.41) is 9.37. The quantitative estimate of drug-likeness (QED) is 0.537. The van der Waals surface area contributed by atoms with E-state index in [-0.39, 0.29) is 0 Å². The smallest absolute Gasteiger partial charge is 0.0900 e. The van der Waals surface area contributed by atoms with Crippen LogP contribution in [-0.2, 0) is 4.74 Å². The zero-order valence-electron chi connectivity index (χ0n) is 7.99. The molecule has 0 aromatic rings. The minimum Gasteiger partial charge on any atom is -0.389 e. The number of rotatable bonds is 7. The molecule has 0 bridgehead atoms. The zero-order chi connectivity index (χ0) is 9.40. The molecule has 1 atom stereocenters. The maximum atomic E-state index is 9.37. The summed E-state index contributed by atoms with van der Waals surface area (Å²) in [6.45, 7) is 5.03. The Morgan fingerprint density at radius 3 is 2.75 bits per heavy atom. The van der Waals surface area contributed by atoms with Crippen LogP contribution in [-0.4, -0.2) is 56.0 Å². The van der Waals surface area contributed by atoms with Gasteiger partial charge in [-0.2, -0.15) is 0 Å². The first-order chi connectivity index (χ1) is 5.70. The number of nitrogens with zero attached hydrogens (tertiary/aromatic N) is 1. The molecule has 0 fully saturated rings. The highest BCUT2D eigenvalue weighted by Gasteiger charge is 2.06.